The summed E-state index contributed by atoms with van der Waals surface area (Å²) in [5, 5.41) is 6.39. The van der Waals surface area contributed by atoms with Crippen LogP contribution in [0.1, 0.15) is 42.9 Å². The summed E-state index contributed by atoms with van der Waals surface area (Å²) in [5.41, 5.74) is 3.42. The SMILES string of the molecule is CCCNCCNC(=O)C1(c2cc(C)cc(C)c2)CC1.Cl. The summed E-state index contributed by atoms with van der Waals surface area (Å²) in [5.74, 6) is 0.195. The lowest BCUT2D eigenvalue weighted by molar-refractivity contribution is -0.123. The molecule has 4 heteroatoms. The van der Waals surface area contributed by atoms with Crippen molar-refractivity contribution < 1.29 is 4.79 Å². The Balaban J connectivity index is 0.00000220. The van der Waals surface area contributed by atoms with E-state index in [2.05, 4.69) is 49.6 Å². The van der Waals surface area contributed by atoms with Gasteiger partial charge in [0.1, 0.15) is 0 Å². The van der Waals surface area contributed by atoms with Gasteiger partial charge in [0, 0.05) is 13.1 Å². The van der Waals surface area contributed by atoms with Crippen LogP contribution < -0.4 is 10.6 Å². The van der Waals surface area contributed by atoms with E-state index in [4.69, 9.17) is 0 Å². The van der Waals surface area contributed by atoms with Gasteiger partial charge < -0.3 is 10.6 Å². The third kappa shape index (κ3) is 4.45. The number of amides is 1. The quantitative estimate of drug-likeness (QED) is 0.760. The maximum absolute atomic E-state index is 12.4. The highest BCUT2D eigenvalue weighted by molar-refractivity contribution is 5.91. The Bertz CT molecular complexity index is 463. The first-order valence-electron chi connectivity index (χ1n) is 7.66. The fourth-order valence-electron chi connectivity index (χ4n) is 2.76. The standard InChI is InChI=1S/C17H26N2O.ClH/c1-4-7-18-8-9-19-16(20)17(5-6-17)15-11-13(2)10-14(3)12-15;/h10-12,18H,4-9H2,1-3H3,(H,19,20);1H. The molecule has 0 unspecified atom stereocenters. The Labute approximate surface area is 134 Å². The van der Waals surface area contributed by atoms with E-state index in [0.717, 1.165) is 32.4 Å². The molecule has 118 valence electrons. The van der Waals surface area contributed by atoms with Crippen molar-refractivity contribution in [1.82, 2.24) is 10.6 Å². The summed E-state index contributed by atoms with van der Waals surface area (Å²) in [6.07, 6.45) is 3.08. The summed E-state index contributed by atoms with van der Waals surface area (Å²) < 4.78 is 0. The molecule has 1 aliphatic rings. The zero-order chi connectivity index (χ0) is 14.6. The molecule has 0 bridgehead atoms. The van der Waals surface area contributed by atoms with Crippen LogP contribution in [0.5, 0.6) is 0 Å². The van der Waals surface area contributed by atoms with Gasteiger partial charge in [-0.05, 0) is 45.2 Å². The minimum absolute atomic E-state index is 0. The lowest BCUT2D eigenvalue weighted by Gasteiger charge is -2.17. The maximum Gasteiger partial charge on any atom is 0.230 e. The average molecular weight is 311 g/mol. The molecule has 1 aliphatic carbocycles. The van der Waals surface area contributed by atoms with Gasteiger partial charge in [0.15, 0.2) is 0 Å². The van der Waals surface area contributed by atoms with Crippen LogP contribution in [0, 0.1) is 13.8 Å². The predicted octanol–water partition coefficient (Wildman–Crippen LogP) is 2.87. The molecular formula is C17H27ClN2O. The third-order valence-electron chi connectivity index (χ3n) is 3.97. The second-order valence-corrected chi connectivity index (χ2v) is 5.96. The monoisotopic (exact) mass is 310 g/mol. The topological polar surface area (TPSA) is 41.1 Å². The second-order valence-electron chi connectivity index (χ2n) is 5.96. The van der Waals surface area contributed by atoms with Gasteiger partial charge in [0.05, 0.1) is 5.41 Å². The molecule has 0 saturated heterocycles. The Morgan fingerprint density at radius 2 is 1.71 bits per heavy atom. The van der Waals surface area contributed by atoms with E-state index in [-0.39, 0.29) is 23.7 Å². The first kappa shape index (κ1) is 18.0. The van der Waals surface area contributed by atoms with E-state index in [9.17, 15) is 4.79 Å². The number of hydrogen-bond donors (Lipinski definition) is 2. The number of hydrogen-bond acceptors (Lipinski definition) is 2. The minimum atomic E-state index is -0.248. The van der Waals surface area contributed by atoms with Crippen LogP contribution in [0.4, 0.5) is 0 Å². The summed E-state index contributed by atoms with van der Waals surface area (Å²) >= 11 is 0. The Morgan fingerprint density at radius 3 is 2.24 bits per heavy atom. The van der Waals surface area contributed by atoms with E-state index in [1.807, 2.05) is 0 Å². The lowest BCUT2D eigenvalue weighted by atomic mass is 9.92. The van der Waals surface area contributed by atoms with Crippen molar-refractivity contribution in [2.45, 2.75) is 45.4 Å². The minimum Gasteiger partial charge on any atom is -0.354 e. The molecule has 0 aliphatic heterocycles. The van der Waals surface area contributed by atoms with Gasteiger partial charge in [-0.1, -0.05) is 36.2 Å². The van der Waals surface area contributed by atoms with E-state index < -0.39 is 0 Å². The number of carbonyl (C=O) groups excluding carboxylic acids is 1. The number of carbonyl (C=O) groups is 1. The van der Waals surface area contributed by atoms with E-state index in [1.165, 1.54) is 16.7 Å². The smallest absolute Gasteiger partial charge is 0.230 e. The van der Waals surface area contributed by atoms with Crippen molar-refractivity contribution in [2.75, 3.05) is 19.6 Å². The molecule has 1 aromatic carbocycles. The van der Waals surface area contributed by atoms with Gasteiger partial charge in [0.25, 0.3) is 0 Å². The zero-order valence-corrected chi connectivity index (χ0v) is 14.1. The predicted molar refractivity (Wildman–Crippen MR) is 90.2 cm³/mol. The van der Waals surface area contributed by atoms with Crippen molar-refractivity contribution in [3.63, 3.8) is 0 Å². The summed E-state index contributed by atoms with van der Waals surface area (Å²) in [7, 11) is 0. The Morgan fingerprint density at radius 1 is 1.10 bits per heavy atom. The Kier molecular flexibility index (Phi) is 6.69. The number of halogens is 1. The van der Waals surface area contributed by atoms with E-state index >= 15 is 0 Å². The van der Waals surface area contributed by atoms with Gasteiger partial charge in [-0.15, -0.1) is 12.4 Å². The van der Waals surface area contributed by atoms with Gasteiger partial charge in [-0.25, -0.2) is 0 Å². The van der Waals surface area contributed by atoms with Gasteiger partial charge >= 0.3 is 0 Å². The molecular weight excluding hydrogens is 284 g/mol. The molecule has 1 fully saturated rings. The van der Waals surface area contributed by atoms with Gasteiger partial charge in [-0.2, -0.15) is 0 Å². The largest absolute Gasteiger partial charge is 0.354 e. The van der Waals surface area contributed by atoms with Crippen LogP contribution in [-0.4, -0.2) is 25.5 Å². The van der Waals surface area contributed by atoms with E-state index in [0.29, 0.717) is 6.54 Å². The first-order chi connectivity index (χ1) is 9.58. The van der Waals surface area contributed by atoms with Crippen LogP contribution in [0.15, 0.2) is 18.2 Å². The number of nitrogens with one attached hydrogen (secondary N) is 2. The highest BCUT2D eigenvalue weighted by Gasteiger charge is 2.51. The van der Waals surface area contributed by atoms with Crippen LogP contribution in [0.3, 0.4) is 0 Å². The van der Waals surface area contributed by atoms with Crippen LogP contribution in [0.2, 0.25) is 0 Å². The van der Waals surface area contributed by atoms with Crippen molar-refractivity contribution >= 4 is 18.3 Å². The number of rotatable bonds is 7. The van der Waals surface area contributed by atoms with Crippen LogP contribution in [-0.2, 0) is 10.2 Å². The average Bonchev–Trinajstić information content (AvgIpc) is 3.18. The summed E-state index contributed by atoms with van der Waals surface area (Å²) in [6.45, 7) is 8.91. The van der Waals surface area contributed by atoms with Gasteiger partial charge in [0.2, 0.25) is 5.91 Å². The zero-order valence-electron chi connectivity index (χ0n) is 13.3. The van der Waals surface area contributed by atoms with Crippen molar-refractivity contribution in [1.29, 1.82) is 0 Å². The number of benzene rings is 1. The summed E-state index contributed by atoms with van der Waals surface area (Å²) in [6, 6.07) is 6.48. The molecule has 1 amide bonds. The molecule has 0 spiro atoms. The van der Waals surface area contributed by atoms with Crippen molar-refractivity contribution in [3.05, 3.63) is 34.9 Å². The molecule has 21 heavy (non-hydrogen) atoms. The second kappa shape index (κ2) is 7.81. The highest BCUT2D eigenvalue weighted by Crippen LogP contribution is 2.48. The van der Waals surface area contributed by atoms with Gasteiger partial charge in [-0.3, -0.25) is 4.79 Å². The van der Waals surface area contributed by atoms with Crippen LogP contribution >= 0.6 is 12.4 Å². The Hall–Kier alpha value is -1.06. The number of aryl methyl sites for hydroxylation is 2. The summed E-state index contributed by atoms with van der Waals surface area (Å²) in [4.78, 5) is 12.4. The van der Waals surface area contributed by atoms with E-state index in [1.54, 1.807) is 0 Å². The van der Waals surface area contributed by atoms with Crippen molar-refractivity contribution in [3.8, 4) is 0 Å². The molecule has 0 aromatic heterocycles. The van der Waals surface area contributed by atoms with Crippen LogP contribution in [0.25, 0.3) is 0 Å². The maximum atomic E-state index is 12.4. The lowest BCUT2D eigenvalue weighted by Crippen LogP contribution is -2.38. The molecule has 3 nitrogen and oxygen atoms in total. The van der Waals surface area contributed by atoms with Crippen molar-refractivity contribution in [2.24, 2.45) is 0 Å². The first-order valence-corrected chi connectivity index (χ1v) is 7.66. The normalized spacial score (nSPS) is 15.2. The molecule has 2 N–H and O–H groups in total. The molecule has 0 radical (unpaired) electrons. The fourth-order valence-corrected chi connectivity index (χ4v) is 2.76. The molecule has 0 atom stereocenters. The fraction of sp³-hybridized carbons (Fsp3) is 0.588. The molecule has 1 saturated carbocycles. The highest BCUT2D eigenvalue weighted by atomic mass is 35.5. The molecule has 0 heterocycles. The third-order valence-corrected chi connectivity index (χ3v) is 3.97. The molecule has 1 aromatic rings. The molecule has 2 rings (SSSR count).